The maximum Gasteiger partial charge on any atom is 0.251 e. The Morgan fingerprint density at radius 2 is 2.09 bits per heavy atom. The molecule has 7 heteroatoms. The van der Waals surface area contributed by atoms with E-state index in [0.717, 1.165) is 5.69 Å². The number of nitrogens with one attached hydrogen (secondary N) is 2. The van der Waals surface area contributed by atoms with Crippen molar-refractivity contribution in [3.63, 3.8) is 0 Å². The molecule has 0 atom stereocenters. The van der Waals surface area contributed by atoms with Crippen LogP contribution >= 0.6 is 0 Å². The van der Waals surface area contributed by atoms with Gasteiger partial charge in [-0.3, -0.25) is 14.3 Å². The standard InChI is InChI=1S/C16H17N5O2/c1-10-15(11(2)21(3)20-10)19-14(22)9-18-16(23)13-6-4-5-12(7-13)8-17/h4-7H,9H2,1-3H3,(H,18,23)(H,19,22). The second-order valence-electron chi connectivity index (χ2n) is 5.09. The lowest BCUT2D eigenvalue weighted by Gasteiger charge is -2.07. The van der Waals surface area contributed by atoms with Gasteiger partial charge in [0.15, 0.2) is 0 Å². The summed E-state index contributed by atoms with van der Waals surface area (Å²) in [5, 5.41) is 18.3. The summed E-state index contributed by atoms with van der Waals surface area (Å²) in [6.07, 6.45) is 0. The molecule has 2 aromatic rings. The molecule has 0 saturated heterocycles. The first-order valence-corrected chi connectivity index (χ1v) is 7.00. The third-order valence-corrected chi connectivity index (χ3v) is 3.44. The van der Waals surface area contributed by atoms with Crippen LogP contribution in [0.15, 0.2) is 24.3 Å². The molecule has 118 valence electrons. The molecule has 0 unspecified atom stereocenters. The van der Waals surface area contributed by atoms with Crippen LogP contribution in [0.2, 0.25) is 0 Å². The Balaban J connectivity index is 1.96. The summed E-state index contributed by atoms with van der Waals surface area (Å²) in [5.74, 6) is -0.745. The van der Waals surface area contributed by atoms with Gasteiger partial charge in [0.1, 0.15) is 0 Å². The number of aromatic nitrogens is 2. The first kappa shape index (κ1) is 16.2. The van der Waals surface area contributed by atoms with Crippen LogP contribution in [0.3, 0.4) is 0 Å². The minimum absolute atomic E-state index is 0.163. The summed E-state index contributed by atoms with van der Waals surface area (Å²) in [7, 11) is 1.79. The maximum absolute atomic E-state index is 12.0. The smallest absolute Gasteiger partial charge is 0.251 e. The van der Waals surface area contributed by atoms with Gasteiger partial charge in [-0.25, -0.2) is 0 Å². The van der Waals surface area contributed by atoms with E-state index in [1.165, 1.54) is 6.07 Å². The van der Waals surface area contributed by atoms with E-state index in [1.54, 1.807) is 36.9 Å². The molecular formula is C16H17N5O2. The fourth-order valence-electron chi connectivity index (χ4n) is 2.13. The van der Waals surface area contributed by atoms with Gasteiger partial charge >= 0.3 is 0 Å². The molecule has 7 nitrogen and oxygen atoms in total. The molecule has 0 saturated carbocycles. The zero-order valence-electron chi connectivity index (χ0n) is 13.2. The Morgan fingerprint density at radius 1 is 1.35 bits per heavy atom. The Kier molecular flexibility index (Phi) is 4.76. The number of hydrogen-bond acceptors (Lipinski definition) is 4. The average Bonchev–Trinajstić information content (AvgIpc) is 2.79. The fourth-order valence-corrected chi connectivity index (χ4v) is 2.13. The quantitative estimate of drug-likeness (QED) is 0.888. The molecule has 1 aromatic carbocycles. The zero-order chi connectivity index (χ0) is 17.0. The summed E-state index contributed by atoms with van der Waals surface area (Å²) in [6.45, 7) is 3.49. The van der Waals surface area contributed by atoms with Crippen molar-refractivity contribution in [2.24, 2.45) is 7.05 Å². The lowest BCUT2D eigenvalue weighted by atomic mass is 10.1. The third kappa shape index (κ3) is 3.74. The predicted octanol–water partition coefficient (Wildman–Crippen LogP) is 1.28. The van der Waals surface area contributed by atoms with Gasteiger partial charge in [-0.05, 0) is 32.0 Å². The van der Waals surface area contributed by atoms with Gasteiger partial charge in [-0.1, -0.05) is 6.07 Å². The highest BCUT2D eigenvalue weighted by Gasteiger charge is 2.13. The average molecular weight is 311 g/mol. The predicted molar refractivity (Wildman–Crippen MR) is 84.8 cm³/mol. The fraction of sp³-hybridized carbons (Fsp3) is 0.250. The van der Waals surface area contributed by atoms with Crippen molar-refractivity contribution in [2.45, 2.75) is 13.8 Å². The molecule has 0 aliphatic heterocycles. The Hall–Kier alpha value is -3.14. The first-order valence-electron chi connectivity index (χ1n) is 7.00. The van der Waals surface area contributed by atoms with E-state index >= 15 is 0 Å². The van der Waals surface area contributed by atoms with Gasteiger partial charge < -0.3 is 10.6 Å². The molecule has 0 aliphatic carbocycles. The molecule has 2 N–H and O–H groups in total. The summed E-state index contributed by atoms with van der Waals surface area (Å²) in [6, 6.07) is 8.26. The van der Waals surface area contributed by atoms with E-state index < -0.39 is 5.91 Å². The SMILES string of the molecule is Cc1nn(C)c(C)c1NC(=O)CNC(=O)c1cccc(C#N)c1. The second kappa shape index (κ2) is 6.75. The molecule has 0 spiro atoms. The van der Waals surface area contributed by atoms with Gasteiger partial charge in [0.05, 0.1) is 35.3 Å². The number of rotatable bonds is 4. The highest BCUT2D eigenvalue weighted by molar-refractivity contribution is 5.99. The van der Waals surface area contributed by atoms with Gasteiger partial charge in [0, 0.05) is 12.6 Å². The van der Waals surface area contributed by atoms with E-state index in [9.17, 15) is 9.59 Å². The lowest BCUT2D eigenvalue weighted by molar-refractivity contribution is -0.115. The summed E-state index contributed by atoms with van der Waals surface area (Å²) < 4.78 is 1.68. The number of carbonyl (C=O) groups is 2. The van der Waals surface area contributed by atoms with Crippen molar-refractivity contribution in [2.75, 3.05) is 11.9 Å². The molecule has 1 aromatic heterocycles. The minimum atomic E-state index is -0.406. The molecule has 0 bridgehead atoms. The number of amides is 2. The summed E-state index contributed by atoms with van der Waals surface area (Å²) in [4.78, 5) is 24.0. The molecule has 0 fully saturated rings. The van der Waals surface area contributed by atoms with Crippen LogP contribution in [0.1, 0.15) is 27.3 Å². The topological polar surface area (TPSA) is 99.8 Å². The lowest BCUT2D eigenvalue weighted by Crippen LogP contribution is -2.33. The van der Waals surface area contributed by atoms with Crippen LogP contribution in [0.5, 0.6) is 0 Å². The normalized spacial score (nSPS) is 10.0. The Bertz CT molecular complexity index is 801. The van der Waals surface area contributed by atoms with Crippen molar-refractivity contribution >= 4 is 17.5 Å². The van der Waals surface area contributed by atoms with Crippen molar-refractivity contribution in [3.05, 3.63) is 46.8 Å². The van der Waals surface area contributed by atoms with E-state index in [0.29, 0.717) is 22.5 Å². The number of aryl methyl sites for hydroxylation is 2. The number of hydrogen-bond donors (Lipinski definition) is 2. The molecule has 2 amide bonds. The number of carbonyl (C=O) groups excluding carboxylic acids is 2. The number of anilines is 1. The molecule has 23 heavy (non-hydrogen) atoms. The van der Waals surface area contributed by atoms with Crippen molar-refractivity contribution in [1.29, 1.82) is 5.26 Å². The number of nitrogens with zero attached hydrogens (tertiary/aromatic N) is 3. The Morgan fingerprint density at radius 3 is 2.70 bits per heavy atom. The Labute approximate surface area is 133 Å². The van der Waals surface area contributed by atoms with Gasteiger partial charge in [0.25, 0.3) is 5.91 Å². The maximum atomic E-state index is 12.0. The van der Waals surface area contributed by atoms with E-state index in [4.69, 9.17) is 5.26 Å². The van der Waals surface area contributed by atoms with Crippen molar-refractivity contribution in [3.8, 4) is 6.07 Å². The summed E-state index contributed by atoms with van der Waals surface area (Å²) in [5.41, 5.74) is 2.93. The largest absolute Gasteiger partial charge is 0.343 e. The van der Waals surface area contributed by atoms with Gasteiger partial charge in [-0.2, -0.15) is 10.4 Å². The van der Waals surface area contributed by atoms with Crippen LogP contribution in [0.25, 0.3) is 0 Å². The zero-order valence-corrected chi connectivity index (χ0v) is 13.2. The van der Waals surface area contributed by atoms with Crippen LogP contribution in [-0.2, 0) is 11.8 Å². The minimum Gasteiger partial charge on any atom is -0.343 e. The van der Waals surface area contributed by atoms with E-state index in [2.05, 4.69) is 15.7 Å². The third-order valence-electron chi connectivity index (χ3n) is 3.44. The number of benzene rings is 1. The van der Waals surface area contributed by atoms with Gasteiger partial charge in [0.2, 0.25) is 5.91 Å². The van der Waals surface area contributed by atoms with E-state index in [-0.39, 0.29) is 12.5 Å². The molecule has 0 radical (unpaired) electrons. The summed E-state index contributed by atoms with van der Waals surface area (Å²) >= 11 is 0. The van der Waals surface area contributed by atoms with Crippen LogP contribution in [0, 0.1) is 25.2 Å². The van der Waals surface area contributed by atoms with Crippen molar-refractivity contribution < 1.29 is 9.59 Å². The first-order chi connectivity index (χ1) is 10.9. The highest BCUT2D eigenvalue weighted by Crippen LogP contribution is 2.17. The molecule has 2 rings (SSSR count). The highest BCUT2D eigenvalue weighted by atomic mass is 16.2. The molecule has 0 aliphatic rings. The molecular weight excluding hydrogens is 294 g/mol. The molecule has 1 heterocycles. The second-order valence-corrected chi connectivity index (χ2v) is 5.09. The van der Waals surface area contributed by atoms with Crippen LogP contribution in [-0.4, -0.2) is 28.1 Å². The monoisotopic (exact) mass is 311 g/mol. The van der Waals surface area contributed by atoms with Crippen LogP contribution < -0.4 is 10.6 Å². The van der Waals surface area contributed by atoms with E-state index in [1.807, 2.05) is 13.0 Å². The van der Waals surface area contributed by atoms with Crippen LogP contribution in [0.4, 0.5) is 5.69 Å². The number of nitriles is 1. The van der Waals surface area contributed by atoms with Gasteiger partial charge in [-0.15, -0.1) is 0 Å². The van der Waals surface area contributed by atoms with Crippen molar-refractivity contribution in [1.82, 2.24) is 15.1 Å².